The van der Waals surface area contributed by atoms with Crippen LogP contribution in [0.2, 0.25) is 0 Å². The first-order chi connectivity index (χ1) is 13.0. The lowest BCUT2D eigenvalue weighted by molar-refractivity contribution is -0.109. The molecule has 140 valence electrons. The lowest BCUT2D eigenvalue weighted by atomic mass is 9.88. The topological polar surface area (TPSA) is 60.2 Å². The molecule has 4 rings (SSSR count). The molecule has 0 radical (unpaired) electrons. The number of pyridine rings is 1. The van der Waals surface area contributed by atoms with Gasteiger partial charge in [-0.1, -0.05) is 25.1 Å². The molecule has 0 bridgehead atoms. The quantitative estimate of drug-likeness (QED) is 0.697. The minimum atomic E-state index is 0.00542. The zero-order chi connectivity index (χ0) is 19.0. The first kappa shape index (κ1) is 17.7. The van der Waals surface area contributed by atoms with Crippen LogP contribution in [0.15, 0.2) is 42.7 Å². The maximum absolute atomic E-state index is 13.3. The normalized spacial score (nSPS) is 15.5. The summed E-state index contributed by atoms with van der Waals surface area (Å²) in [5, 5.41) is 5.21. The van der Waals surface area contributed by atoms with Crippen LogP contribution in [0.25, 0.3) is 22.2 Å². The molecule has 1 fully saturated rings. The fraction of sp³-hybridized carbons (Fsp3) is 0.381. The number of ether oxygens (including phenoxy) is 1. The van der Waals surface area contributed by atoms with Crippen LogP contribution in [-0.4, -0.2) is 52.4 Å². The summed E-state index contributed by atoms with van der Waals surface area (Å²) >= 11 is 0. The Morgan fingerprint density at radius 3 is 2.78 bits per heavy atom. The third-order valence-corrected chi connectivity index (χ3v) is 5.07. The van der Waals surface area contributed by atoms with E-state index in [-0.39, 0.29) is 11.3 Å². The number of nitrogens with zero attached hydrogens (tertiary/aromatic N) is 4. The summed E-state index contributed by atoms with van der Waals surface area (Å²) < 4.78 is 7.19. The summed E-state index contributed by atoms with van der Waals surface area (Å²) in [4.78, 5) is 19.8. The molecule has 1 aliphatic rings. The molecule has 6 nitrogen and oxygen atoms in total. The number of fused-ring (bicyclic) bond motifs is 1. The first-order valence-electron chi connectivity index (χ1n) is 9.25. The van der Waals surface area contributed by atoms with Crippen LogP contribution in [0, 0.1) is 5.41 Å². The van der Waals surface area contributed by atoms with E-state index >= 15 is 0 Å². The minimum absolute atomic E-state index is 0.00542. The van der Waals surface area contributed by atoms with E-state index in [9.17, 15) is 4.79 Å². The largest absolute Gasteiger partial charge is 0.380 e. The van der Waals surface area contributed by atoms with E-state index in [0.717, 1.165) is 28.7 Å². The lowest BCUT2D eigenvalue weighted by Gasteiger charge is -2.40. The van der Waals surface area contributed by atoms with Crippen molar-refractivity contribution in [2.75, 3.05) is 26.8 Å². The Labute approximate surface area is 158 Å². The summed E-state index contributed by atoms with van der Waals surface area (Å²) in [6, 6.07) is 9.67. The van der Waals surface area contributed by atoms with Gasteiger partial charge in [0.1, 0.15) is 0 Å². The molecule has 0 N–H and O–H groups in total. The van der Waals surface area contributed by atoms with Gasteiger partial charge in [-0.05, 0) is 19.1 Å². The second kappa shape index (κ2) is 6.78. The highest BCUT2D eigenvalue weighted by Gasteiger charge is 2.36. The van der Waals surface area contributed by atoms with Gasteiger partial charge in [0, 0.05) is 42.7 Å². The van der Waals surface area contributed by atoms with E-state index < -0.39 is 0 Å². The number of benzene rings is 1. The van der Waals surface area contributed by atoms with Crippen molar-refractivity contribution in [3.05, 3.63) is 48.3 Å². The second-order valence-electron chi connectivity index (χ2n) is 7.62. The van der Waals surface area contributed by atoms with Crippen LogP contribution in [0.4, 0.5) is 0 Å². The van der Waals surface area contributed by atoms with Gasteiger partial charge in [0.15, 0.2) is 0 Å². The van der Waals surface area contributed by atoms with Crippen molar-refractivity contribution in [1.82, 2.24) is 19.7 Å². The number of carbonyl (C=O) groups excluding carboxylic acids is 1. The Balaban J connectivity index is 1.74. The zero-order valence-electron chi connectivity index (χ0n) is 16.0. The highest BCUT2D eigenvalue weighted by atomic mass is 16.5. The van der Waals surface area contributed by atoms with Crippen molar-refractivity contribution in [1.29, 1.82) is 0 Å². The Kier molecular flexibility index (Phi) is 4.44. The Bertz CT molecular complexity index is 991. The summed E-state index contributed by atoms with van der Waals surface area (Å²) in [7, 11) is 1.86. The summed E-state index contributed by atoms with van der Waals surface area (Å²) in [5.41, 5.74) is 3.21. The van der Waals surface area contributed by atoms with Gasteiger partial charge in [-0.15, -0.1) is 0 Å². The lowest BCUT2D eigenvalue weighted by Crippen LogP contribution is -2.49. The number of amides is 1. The van der Waals surface area contributed by atoms with Gasteiger partial charge in [-0.2, -0.15) is 5.10 Å². The molecular weight excluding hydrogens is 340 g/mol. The SMILES string of the molecule is CCn1cc(-c2cc(C(=O)N(C)CC3(C)COC3)c3ccccc3n2)cn1. The molecule has 3 aromatic rings. The van der Waals surface area contributed by atoms with Crippen molar-refractivity contribution in [3.63, 3.8) is 0 Å². The predicted molar refractivity (Wildman–Crippen MR) is 105 cm³/mol. The van der Waals surface area contributed by atoms with Crippen molar-refractivity contribution in [2.45, 2.75) is 20.4 Å². The number of hydrogen-bond acceptors (Lipinski definition) is 4. The summed E-state index contributed by atoms with van der Waals surface area (Å²) in [5.74, 6) is 0.00542. The molecule has 27 heavy (non-hydrogen) atoms. The number of para-hydroxylation sites is 1. The molecule has 3 heterocycles. The maximum atomic E-state index is 13.3. The van der Waals surface area contributed by atoms with E-state index in [4.69, 9.17) is 9.72 Å². The van der Waals surface area contributed by atoms with Gasteiger partial charge in [0.25, 0.3) is 5.91 Å². The minimum Gasteiger partial charge on any atom is -0.380 e. The van der Waals surface area contributed by atoms with Gasteiger partial charge in [-0.25, -0.2) is 4.98 Å². The van der Waals surface area contributed by atoms with E-state index in [1.165, 1.54) is 0 Å². The zero-order valence-corrected chi connectivity index (χ0v) is 16.0. The molecule has 0 aliphatic carbocycles. The fourth-order valence-electron chi connectivity index (χ4n) is 3.56. The third kappa shape index (κ3) is 3.32. The average molecular weight is 364 g/mol. The van der Waals surface area contributed by atoms with Gasteiger partial charge >= 0.3 is 0 Å². The monoisotopic (exact) mass is 364 g/mol. The first-order valence-corrected chi connectivity index (χ1v) is 9.25. The number of aryl methyl sites for hydroxylation is 1. The van der Waals surface area contributed by atoms with Crippen molar-refractivity contribution >= 4 is 16.8 Å². The van der Waals surface area contributed by atoms with Crippen molar-refractivity contribution in [3.8, 4) is 11.3 Å². The van der Waals surface area contributed by atoms with Gasteiger partial charge < -0.3 is 9.64 Å². The molecule has 2 aromatic heterocycles. The predicted octanol–water partition coefficient (Wildman–Crippen LogP) is 3.23. The van der Waals surface area contributed by atoms with Gasteiger partial charge in [-0.3, -0.25) is 9.48 Å². The van der Waals surface area contributed by atoms with E-state index in [2.05, 4.69) is 12.0 Å². The molecule has 0 atom stereocenters. The highest BCUT2D eigenvalue weighted by molar-refractivity contribution is 6.07. The molecule has 0 spiro atoms. The molecule has 0 saturated carbocycles. The van der Waals surface area contributed by atoms with E-state index in [0.29, 0.717) is 25.3 Å². The summed E-state index contributed by atoms with van der Waals surface area (Å²) in [6.45, 7) is 7.05. The number of rotatable bonds is 5. The Morgan fingerprint density at radius 1 is 1.33 bits per heavy atom. The van der Waals surface area contributed by atoms with Crippen LogP contribution >= 0.6 is 0 Å². The molecule has 1 saturated heterocycles. The van der Waals surface area contributed by atoms with Gasteiger partial charge in [0.05, 0.1) is 36.2 Å². The Hall–Kier alpha value is -2.73. The standard InChI is InChI=1S/C21H24N4O2/c1-4-25-11-15(10-22-25)19-9-17(16-7-5-6-8-18(16)23-19)20(26)24(3)12-21(2)13-27-14-21/h5-11H,4,12-14H2,1-3H3. The second-order valence-corrected chi connectivity index (χ2v) is 7.62. The van der Waals surface area contributed by atoms with Crippen LogP contribution in [-0.2, 0) is 11.3 Å². The number of aromatic nitrogens is 3. The number of carbonyl (C=O) groups is 1. The van der Waals surface area contributed by atoms with Crippen LogP contribution in [0.3, 0.4) is 0 Å². The molecule has 0 unspecified atom stereocenters. The van der Waals surface area contributed by atoms with Crippen LogP contribution in [0.1, 0.15) is 24.2 Å². The molecule has 1 aliphatic heterocycles. The fourth-order valence-corrected chi connectivity index (χ4v) is 3.56. The molecule has 1 aromatic carbocycles. The van der Waals surface area contributed by atoms with E-state index in [1.54, 1.807) is 11.1 Å². The third-order valence-electron chi connectivity index (χ3n) is 5.07. The molecular formula is C21H24N4O2. The van der Waals surface area contributed by atoms with Crippen LogP contribution in [0.5, 0.6) is 0 Å². The van der Waals surface area contributed by atoms with Crippen LogP contribution < -0.4 is 0 Å². The van der Waals surface area contributed by atoms with Gasteiger partial charge in [0.2, 0.25) is 0 Å². The average Bonchev–Trinajstić information content (AvgIpc) is 3.14. The van der Waals surface area contributed by atoms with Crippen molar-refractivity contribution in [2.24, 2.45) is 5.41 Å². The molecule has 6 heteroatoms. The molecule has 1 amide bonds. The highest BCUT2D eigenvalue weighted by Crippen LogP contribution is 2.29. The Morgan fingerprint density at radius 2 is 2.11 bits per heavy atom. The summed E-state index contributed by atoms with van der Waals surface area (Å²) in [6.07, 6.45) is 3.76. The number of hydrogen-bond donors (Lipinski definition) is 0. The maximum Gasteiger partial charge on any atom is 0.254 e. The smallest absolute Gasteiger partial charge is 0.254 e. The van der Waals surface area contributed by atoms with Crippen molar-refractivity contribution < 1.29 is 9.53 Å². The van der Waals surface area contributed by atoms with E-state index in [1.807, 2.05) is 55.2 Å².